The Kier molecular flexibility index (Phi) is 7.69. The SMILES string of the molecule is O=C(Nc1ccc([C@@H]2O[C@H](CN3CC[C@H](O)C3)C[C@H](c3ccc(CO)cc3)O2)cc1)c1cccnc1. The van der Waals surface area contributed by atoms with E-state index in [9.17, 15) is 15.0 Å². The number of hydrogen-bond acceptors (Lipinski definition) is 7. The molecule has 0 unspecified atom stereocenters. The van der Waals surface area contributed by atoms with E-state index in [0.717, 1.165) is 36.2 Å². The molecule has 3 N–H and O–H groups in total. The van der Waals surface area contributed by atoms with Crippen molar-refractivity contribution in [3.05, 3.63) is 95.3 Å². The van der Waals surface area contributed by atoms with Gasteiger partial charge in [0.25, 0.3) is 5.91 Å². The van der Waals surface area contributed by atoms with Crippen LogP contribution in [0.25, 0.3) is 0 Å². The van der Waals surface area contributed by atoms with Gasteiger partial charge >= 0.3 is 0 Å². The summed E-state index contributed by atoms with van der Waals surface area (Å²) in [6, 6.07) is 18.7. The minimum absolute atomic E-state index is 0.00111. The van der Waals surface area contributed by atoms with Crippen molar-refractivity contribution in [2.45, 2.75) is 44.1 Å². The number of amides is 1. The molecule has 0 aliphatic carbocycles. The average Bonchev–Trinajstić information content (AvgIpc) is 3.33. The second-order valence-electron chi connectivity index (χ2n) is 9.37. The summed E-state index contributed by atoms with van der Waals surface area (Å²) in [5.41, 5.74) is 3.91. The Labute approximate surface area is 210 Å². The number of aliphatic hydroxyl groups excluding tert-OH is 2. The van der Waals surface area contributed by atoms with Crippen LogP contribution in [0.5, 0.6) is 0 Å². The molecule has 36 heavy (non-hydrogen) atoms. The van der Waals surface area contributed by atoms with Crippen molar-refractivity contribution >= 4 is 11.6 Å². The van der Waals surface area contributed by atoms with Crippen LogP contribution in [-0.4, -0.2) is 57.8 Å². The third kappa shape index (κ3) is 5.98. The van der Waals surface area contributed by atoms with Crippen LogP contribution in [0.3, 0.4) is 0 Å². The molecule has 1 amide bonds. The van der Waals surface area contributed by atoms with E-state index in [1.807, 2.05) is 48.5 Å². The van der Waals surface area contributed by atoms with Crippen LogP contribution in [0.4, 0.5) is 5.69 Å². The second-order valence-corrected chi connectivity index (χ2v) is 9.37. The molecule has 8 heteroatoms. The molecule has 2 fully saturated rings. The fourth-order valence-electron chi connectivity index (χ4n) is 4.72. The summed E-state index contributed by atoms with van der Waals surface area (Å²) >= 11 is 0. The van der Waals surface area contributed by atoms with Crippen LogP contribution in [0.15, 0.2) is 73.1 Å². The first-order valence-corrected chi connectivity index (χ1v) is 12.3. The molecule has 3 heterocycles. The van der Waals surface area contributed by atoms with E-state index < -0.39 is 6.29 Å². The van der Waals surface area contributed by atoms with Gasteiger partial charge in [-0.25, -0.2) is 0 Å². The molecule has 0 bridgehead atoms. The highest BCUT2D eigenvalue weighted by Gasteiger charge is 2.34. The van der Waals surface area contributed by atoms with E-state index in [2.05, 4.69) is 15.2 Å². The van der Waals surface area contributed by atoms with Gasteiger partial charge in [0, 0.05) is 49.7 Å². The number of nitrogens with zero attached hydrogens (tertiary/aromatic N) is 2. The number of pyridine rings is 1. The predicted octanol–water partition coefficient (Wildman–Crippen LogP) is 3.44. The molecule has 2 saturated heterocycles. The number of ether oxygens (including phenoxy) is 2. The largest absolute Gasteiger partial charge is 0.392 e. The first-order chi connectivity index (χ1) is 17.6. The Bertz CT molecular complexity index is 1140. The van der Waals surface area contributed by atoms with E-state index in [0.29, 0.717) is 24.2 Å². The molecular formula is C28H31N3O5. The van der Waals surface area contributed by atoms with Crippen LogP contribution in [0, 0.1) is 0 Å². The van der Waals surface area contributed by atoms with Gasteiger partial charge < -0.3 is 25.0 Å². The molecule has 1 aromatic heterocycles. The minimum Gasteiger partial charge on any atom is -0.392 e. The summed E-state index contributed by atoms with van der Waals surface area (Å²) in [5.74, 6) is -0.222. The lowest BCUT2D eigenvalue weighted by Crippen LogP contribution is -2.38. The quantitative estimate of drug-likeness (QED) is 0.467. The first kappa shape index (κ1) is 24.5. The van der Waals surface area contributed by atoms with Crippen molar-refractivity contribution in [2.75, 3.05) is 25.0 Å². The number of carbonyl (C=O) groups is 1. The number of nitrogens with one attached hydrogen (secondary N) is 1. The van der Waals surface area contributed by atoms with E-state index in [4.69, 9.17) is 9.47 Å². The summed E-state index contributed by atoms with van der Waals surface area (Å²) in [6.07, 6.45) is 3.55. The fraction of sp³-hybridized carbons (Fsp3) is 0.357. The maximum atomic E-state index is 12.4. The smallest absolute Gasteiger partial charge is 0.257 e. The number of rotatable bonds is 7. The molecule has 2 aliphatic rings. The molecule has 8 nitrogen and oxygen atoms in total. The highest BCUT2D eigenvalue weighted by Crippen LogP contribution is 2.38. The molecule has 2 aliphatic heterocycles. The highest BCUT2D eigenvalue weighted by atomic mass is 16.7. The fourth-order valence-corrected chi connectivity index (χ4v) is 4.72. The lowest BCUT2D eigenvalue weighted by Gasteiger charge is -2.37. The summed E-state index contributed by atoms with van der Waals surface area (Å²) in [4.78, 5) is 18.7. The number of likely N-dealkylation sites (tertiary alicyclic amines) is 1. The zero-order chi connectivity index (χ0) is 24.9. The van der Waals surface area contributed by atoms with Crippen molar-refractivity contribution in [1.82, 2.24) is 9.88 Å². The normalized spacial score (nSPS) is 24.5. The van der Waals surface area contributed by atoms with Gasteiger partial charge in [-0.3, -0.25) is 14.7 Å². The maximum Gasteiger partial charge on any atom is 0.257 e. The number of β-amino-alcohol motifs (C(OH)–C–C–N with tert-alkyl or cyclic N) is 1. The monoisotopic (exact) mass is 489 g/mol. The number of aliphatic hydroxyl groups is 2. The molecule has 0 radical (unpaired) electrons. The number of anilines is 1. The van der Waals surface area contributed by atoms with Gasteiger partial charge in [-0.1, -0.05) is 36.4 Å². The van der Waals surface area contributed by atoms with Crippen LogP contribution < -0.4 is 5.32 Å². The Morgan fingerprint density at radius 2 is 1.83 bits per heavy atom. The van der Waals surface area contributed by atoms with Crippen molar-refractivity contribution in [1.29, 1.82) is 0 Å². The molecule has 0 spiro atoms. The van der Waals surface area contributed by atoms with Crippen LogP contribution in [-0.2, 0) is 16.1 Å². The molecule has 4 atom stereocenters. The van der Waals surface area contributed by atoms with Crippen molar-refractivity contribution < 1.29 is 24.5 Å². The van der Waals surface area contributed by atoms with Gasteiger partial charge in [0.2, 0.25) is 0 Å². The summed E-state index contributed by atoms with van der Waals surface area (Å²) in [7, 11) is 0. The molecule has 5 rings (SSSR count). The van der Waals surface area contributed by atoms with Crippen molar-refractivity contribution in [3.8, 4) is 0 Å². The third-order valence-electron chi connectivity index (χ3n) is 6.69. The molecular weight excluding hydrogens is 458 g/mol. The van der Waals surface area contributed by atoms with E-state index in [-0.39, 0.29) is 30.8 Å². The van der Waals surface area contributed by atoms with Gasteiger partial charge in [-0.15, -0.1) is 0 Å². The van der Waals surface area contributed by atoms with Crippen LogP contribution in [0.2, 0.25) is 0 Å². The van der Waals surface area contributed by atoms with E-state index >= 15 is 0 Å². The number of aromatic nitrogens is 1. The van der Waals surface area contributed by atoms with E-state index in [1.54, 1.807) is 18.3 Å². The van der Waals surface area contributed by atoms with Crippen LogP contribution in [0.1, 0.15) is 52.3 Å². The summed E-state index contributed by atoms with van der Waals surface area (Å²) < 4.78 is 12.8. The topological polar surface area (TPSA) is 104 Å². The van der Waals surface area contributed by atoms with Crippen LogP contribution >= 0.6 is 0 Å². The Hall–Kier alpha value is -3.14. The Morgan fingerprint density at radius 1 is 1.06 bits per heavy atom. The number of hydrogen-bond donors (Lipinski definition) is 3. The van der Waals surface area contributed by atoms with Gasteiger partial charge in [0.15, 0.2) is 6.29 Å². The van der Waals surface area contributed by atoms with E-state index in [1.165, 1.54) is 6.20 Å². The summed E-state index contributed by atoms with van der Waals surface area (Å²) in [5, 5.41) is 22.2. The minimum atomic E-state index is -0.568. The first-order valence-electron chi connectivity index (χ1n) is 12.3. The van der Waals surface area contributed by atoms with Crippen molar-refractivity contribution in [2.24, 2.45) is 0 Å². The van der Waals surface area contributed by atoms with Gasteiger partial charge in [0.05, 0.1) is 30.5 Å². The Morgan fingerprint density at radius 3 is 2.50 bits per heavy atom. The third-order valence-corrected chi connectivity index (χ3v) is 6.69. The molecule has 0 saturated carbocycles. The predicted molar refractivity (Wildman–Crippen MR) is 134 cm³/mol. The maximum absolute atomic E-state index is 12.4. The zero-order valence-corrected chi connectivity index (χ0v) is 20.0. The Balaban J connectivity index is 1.31. The average molecular weight is 490 g/mol. The van der Waals surface area contributed by atoms with Gasteiger partial charge in [0.1, 0.15) is 0 Å². The lowest BCUT2D eigenvalue weighted by molar-refractivity contribution is -0.252. The lowest BCUT2D eigenvalue weighted by atomic mass is 9.99. The second kappa shape index (κ2) is 11.3. The number of carbonyl (C=O) groups excluding carboxylic acids is 1. The highest BCUT2D eigenvalue weighted by molar-refractivity contribution is 6.03. The van der Waals surface area contributed by atoms with Gasteiger partial charge in [-0.2, -0.15) is 0 Å². The summed E-state index contributed by atoms with van der Waals surface area (Å²) in [6.45, 7) is 2.24. The molecule has 2 aromatic carbocycles. The molecule has 3 aromatic rings. The molecule has 188 valence electrons. The van der Waals surface area contributed by atoms with Crippen molar-refractivity contribution in [3.63, 3.8) is 0 Å². The zero-order valence-electron chi connectivity index (χ0n) is 20.0. The van der Waals surface area contributed by atoms with Gasteiger partial charge in [-0.05, 0) is 41.8 Å². The number of benzene rings is 2. The standard InChI is InChI=1S/C28H31N3O5/c32-18-19-3-5-20(6-4-19)26-14-25(17-31-13-11-24(33)16-31)35-28(36-26)21-7-9-23(10-8-21)30-27(34)22-2-1-12-29-15-22/h1-10,12,15,24-26,28,32-33H,11,13-14,16-18H2,(H,30,34)/t24-,25-,26+,28+/m0/s1.